The van der Waals surface area contributed by atoms with E-state index in [9.17, 15) is 0 Å². The zero-order chi connectivity index (χ0) is 14.0. The van der Waals surface area contributed by atoms with Gasteiger partial charge >= 0.3 is 0 Å². The summed E-state index contributed by atoms with van der Waals surface area (Å²) in [5.74, 6) is 0. The molecular weight excluding hydrogens is 305 g/mol. The SMILES string of the molecule is CCn1nc(C)c(Cl)c1CNc1cc(Cl)ccc1Cl. The largest absolute Gasteiger partial charge is 0.378 e. The van der Waals surface area contributed by atoms with Crippen LogP contribution in [0.15, 0.2) is 18.2 Å². The molecular formula is C13H14Cl3N3. The molecule has 0 radical (unpaired) electrons. The second kappa shape index (κ2) is 6.04. The zero-order valence-electron chi connectivity index (χ0n) is 10.7. The Kier molecular flexibility index (Phi) is 4.61. The van der Waals surface area contributed by atoms with Crippen LogP contribution in [0.25, 0.3) is 0 Å². The second-order valence-corrected chi connectivity index (χ2v) is 5.36. The maximum atomic E-state index is 6.25. The number of halogens is 3. The van der Waals surface area contributed by atoms with Gasteiger partial charge in [-0.3, -0.25) is 4.68 Å². The summed E-state index contributed by atoms with van der Waals surface area (Å²) in [4.78, 5) is 0. The van der Waals surface area contributed by atoms with Crippen molar-refractivity contribution in [3.05, 3.63) is 44.7 Å². The Morgan fingerprint density at radius 1 is 1.26 bits per heavy atom. The van der Waals surface area contributed by atoms with E-state index in [1.54, 1.807) is 18.2 Å². The van der Waals surface area contributed by atoms with Crippen LogP contribution in [0.2, 0.25) is 15.1 Å². The molecule has 3 nitrogen and oxygen atoms in total. The first kappa shape index (κ1) is 14.5. The summed E-state index contributed by atoms with van der Waals surface area (Å²) in [6, 6.07) is 5.30. The molecule has 1 heterocycles. The third-order valence-corrected chi connectivity index (χ3v) is 3.88. The highest BCUT2D eigenvalue weighted by Gasteiger charge is 2.12. The third-order valence-electron chi connectivity index (χ3n) is 2.83. The van der Waals surface area contributed by atoms with Gasteiger partial charge in [0.1, 0.15) is 0 Å². The summed E-state index contributed by atoms with van der Waals surface area (Å²) in [7, 11) is 0. The number of hydrogen-bond donors (Lipinski definition) is 1. The van der Waals surface area contributed by atoms with Crippen LogP contribution in [0.4, 0.5) is 5.69 Å². The number of hydrogen-bond acceptors (Lipinski definition) is 2. The number of aryl methyl sites for hydroxylation is 2. The highest BCUT2D eigenvalue weighted by Crippen LogP contribution is 2.27. The van der Waals surface area contributed by atoms with E-state index in [1.165, 1.54) is 0 Å². The van der Waals surface area contributed by atoms with Gasteiger partial charge in [0.05, 0.1) is 33.7 Å². The molecule has 0 saturated heterocycles. The van der Waals surface area contributed by atoms with Crippen LogP contribution >= 0.6 is 34.8 Å². The first-order valence-electron chi connectivity index (χ1n) is 5.93. The lowest BCUT2D eigenvalue weighted by atomic mass is 10.3. The second-order valence-electron chi connectivity index (χ2n) is 4.14. The molecule has 6 heteroatoms. The molecule has 0 saturated carbocycles. The molecule has 0 aliphatic carbocycles. The van der Waals surface area contributed by atoms with Crippen molar-refractivity contribution < 1.29 is 0 Å². The van der Waals surface area contributed by atoms with Gasteiger partial charge < -0.3 is 5.32 Å². The summed E-state index contributed by atoms with van der Waals surface area (Å²) in [6.07, 6.45) is 0. The Labute approximate surface area is 127 Å². The number of rotatable bonds is 4. The zero-order valence-corrected chi connectivity index (χ0v) is 12.9. The summed E-state index contributed by atoms with van der Waals surface area (Å²) >= 11 is 18.3. The monoisotopic (exact) mass is 317 g/mol. The van der Waals surface area contributed by atoms with E-state index in [4.69, 9.17) is 34.8 Å². The van der Waals surface area contributed by atoms with Crippen LogP contribution in [0, 0.1) is 6.92 Å². The van der Waals surface area contributed by atoms with E-state index in [2.05, 4.69) is 10.4 Å². The lowest BCUT2D eigenvalue weighted by Gasteiger charge is -2.10. The van der Waals surface area contributed by atoms with Crippen molar-refractivity contribution in [3.63, 3.8) is 0 Å². The van der Waals surface area contributed by atoms with Crippen LogP contribution in [0.1, 0.15) is 18.3 Å². The summed E-state index contributed by atoms with van der Waals surface area (Å²) in [5, 5.41) is 9.55. The fourth-order valence-corrected chi connectivity index (χ4v) is 2.41. The van der Waals surface area contributed by atoms with Crippen molar-refractivity contribution in [1.82, 2.24) is 9.78 Å². The number of benzene rings is 1. The van der Waals surface area contributed by atoms with Crippen LogP contribution in [0.5, 0.6) is 0 Å². The Morgan fingerprint density at radius 3 is 2.68 bits per heavy atom. The minimum atomic E-state index is 0.549. The average molecular weight is 319 g/mol. The lowest BCUT2D eigenvalue weighted by Crippen LogP contribution is -2.08. The quantitative estimate of drug-likeness (QED) is 0.879. The molecule has 0 atom stereocenters. The first-order valence-corrected chi connectivity index (χ1v) is 7.07. The molecule has 1 aromatic heterocycles. The summed E-state index contributed by atoms with van der Waals surface area (Å²) in [6.45, 7) is 5.24. The molecule has 0 aliphatic heterocycles. The van der Waals surface area contributed by atoms with Gasteiger partial charge in [-0.2, -0.15) is 5.10 Å². The predicted molar refractivity (Wildman–Crippen MR) is 81.4 cm³/mol. The molecule has 102 valence electrons. The molecule has 0 unspecified atom stereocenters. The summed E-state index contributed by atoms with van der Waals surface area (Å²) in [5.41, 5.74) is 2.56. The maximum Gasteiger partial charge on any atom is 0.0865 e. The smallest absolute Gasteiger partial charge is 0.0865 e. The fraction of sp³-hybridized carbons (Fsp3) is 0.308. The number of anilines is 1. The van der Waals surface area contributed by atoms with Crippen molar-refractivity contribution in [3.8, 4) is 0 Å². The summed E-state index contributed by atoms with van der Waals surface area (Å²) < 4.78 is 1.88. The van der Waals surface area contributed by atoms with Gasteiger partial charge in [-0.15, -0.1) is 0 Å². The minimum absolute atomic E-state index is 0.549. The molecule has 2 aromatic rings. The molecule has 0 bridgehead atoms. The molecule has 0 amide bonds. The van der Waals surface area contributed by atoms with Gasteiger partial charge in [0.25, 0.3) is 0 Å². The topological polar surface area (TPSA) is 29.9 Å². The Hall–Kier alpha value is -0.900. The van der Waals surface area contributed by atoms with Gasteiger partial charge in [-0.05, 0) is 32.0 Å². The molecule has 0 fully saturated rings. The van der Waals surface area contributed by atoms with Crippen molar-refractivity contribution in [2.45, 2.75) is 26.9 Å². The van der Waals surface area contributed by atoms with Gasteiger partial charge in [-0.1, -0.05) is 34.8 Å². The highest BCUT2D eigenvalue weighted by atomic mass is 35.5. The molecule has 19 heavy (non-hydrogen) atoms. The van der Waals surface area contributed by atoms with Crippen LogP contribution in [0.3, 0.4) is 0 Å². The lowest BCUT2D eigenvalue weighted by molar-refractivity contribution is 0.623. The molecule has 1 aromatic carbocycles. The van der Waals surface area contributed by atoms with Crippen molar-refractivity contribution >= 4 is 40.5 Å². The van der Waals surface area contributed by atoms with Crippen molar-refractivity contribution in [2.75, 3.05) is 5.32 Å². The Morgan fingerprint density at radius 2 is 2.00 bits per heavy atom. The van der Waals surface area contributed by atoms with Crippen molar-refractivity contribution in [1.29, 1.82) is 0 Å². The van der Waals surface area contributed by atoms with Crippen LogP contribution in [-0.4, -0.2) is 9.78 Å². The van der Waals surface area contributed by atoms with E-state index in [0.29, 0.717) is 21.6 Å². The first-order chi connectivity index (χ1) is 9.02. The number of nitrogens with zero attached hydrogens (tertiary/aromatic N) is 2. The highest BCUT2D eigenvalue weighted by molar-refractivity contribution is 6.35. The van der Waals surface area contributed by atoms with Crippen molar-refractivity contribution in [2.24, 2.45) is 0 Å². The molecule has 2 rings (SSSR count). The maximum absolute atomic E-state index is 6.25. The third kappa shape index (κ3) is 3.16. The van der Waals surface area contributed by atoms with Gasteiger partial charge in [0.2, 0.25) is 0 Å². The van der Waals surface area contributed by atoms with E-state index in [-0.39, 0.29) is 0 Å². The van der Waals surface area contributed by atoms with E-state index >= 15 is 0 Å². The standard InChI is InChI=1S/C13H14Cl3N3/c1-3-19-12(13(16)8(2)18-19)7-17-11-6-9(14)4-5-10(11)15/h4-6,17H,3,7H2,1-2H3. The molecule has 0 aliphatic rings. The minimum Gasteiger partial charge on any atom is -0.378 e. The Bertz CT molecular complexity index is 593. The normalized spacial score (nSPS) is 10.8. The van der Waals surface area contributed by atoms with E-state index in [1.807, 2.05) is 18.5 Å². The van der Waals surface area contributed by atoms with E-state index in [0.717, 1.165) is 23.6 Å². The van der Waals surface area contributed by atoms with Gasteiger partial charge in [0, 0.05) is 11.6 Å². The van der Waals surface area contributed by atoms with Crippen LogP contribution < -0.4 is 5.32 Å². The van der Waals surface area contributed by atoms with E-state index < -0.39 is 0 Å². The predicted octanol–water partition coefficient (Wildman–Crippen LogP) is 4.78. The van der Waals surface area contributed by atoms with Gasteiger partial charge in [-0.25, -0.2) is 0 Å². The average Bonchev–Trinajstić information content (AvgIpc) is 2.66. The fourth-order valence-electron chi connectivity index (χ4n) is 1.85. The molecule has 0 spiro atoms. The van der Waals surface area contributed by atoms with Crippen LogP contribution in [-0.2, 0) is 13.1 Å². The number of aromatic nitrogens is 2. The molecule has 1 N–H and O–H groups in total. The van der Waals surface area contributed by atoms with Gasteiger partial charge in [0.15, 0.2) is 0 Å². The number of nitrogens with one attached hydrogen (secondary N) is 1. The Balaban J connectivity index is 2.21.